The van der Waals surface area contributed by atoms with E-state index in [4.69, 9.17) is 9.47 Å². The first kappa shape index (κ1) is 18.1. The van der Waals surface area contributed by atoms with Crippen LogP contribution in [0, 0.1) is 5.92 Å². The van der Waals surface area contributed by atoms with Gasteiger partial charge in [-0.15, -0.1) is 0 Å². The van der Waals surface area contributed by atoms with E-state index in [-0.39, 0.29) is 11.6 Å². The lowest BCUT2D eigenvalue weighted by atomic mass is 9.78. The summed E-state index contributed by atoms with van der Waals surface area (Å²) in [5.41, 5.74) is 1.05. The van der Waals surface area contributed by atoms with Crippen molar-refractivity contribution in [1.29, 1.82) is 0 Å². The monoisotopic (exact) mass is 347 g/mol. The van der Waals surface area contributed by atoms with Crippen LogP contribution in [0.3, 0.4) is 0 Å². The van der Waals surface area contributed by atoms with Crippen molar-refractivity contribution in [3.63, 3.8) is 0 Å². The molecule has 0 N–H and O–H groups in total. The van der Waals surface area contributed by atoms with E-state index in [0.717, 1.165) is 57.6 Å². The van der Waals surface area contributed by atoms with Crippen LogP contribution in [0.4, 0.5) is 4.79 Å². The van der Waals surface area contributed by atoms with Crippen LogP contribution in [0.15, 0.2) is 24.5 Å². The molecule has 6 heteroatoms. The van der Waals surface area contributed by atoms with E-state index in [9.17, 15) is 4.79 Å². The fraction of sp³-hybridized carbons (Fsp3) is 0.684. The Bertz CT molecular complexity index is 556. The van der Waals surface area contributed by atoms with Crippen molar-refractivity contribution in [3.8, 4) is 0 Å². The predicted octanol–water partition coefficient (Wildman–Crippen LogP) is 2.54. The lowest BCUT2D eigenvalue weighted by molar-refractivity contribution is -0.0670. The van der Waals surface area contributed by atoms with Gasteiger partial charge in [-0.05, 0) is 43.2 Å². The van der Waals surface area contributed by atoms with Crippen LogP contribution in [0.2, 0.25) is 0 Å². The van der Waals surface area contributed by atoms with Crippen molar-refractivity contribution < 1.29 is 14.3 Å². The highest BCUT2D eigenvalue weighted by molar-refractivity contribution is 5.73. The number of amides is 2. The van der Waals surface area contributed by atoms with E-state index < -0.39 is 0 Å². The molecule has 1 atom stereocenters. The van der Waals surface area contributed by atoms with Crippen molar-refractivity contribution in [2.45, 2.75) is 37.9 Å². The Hall–Kier alpha value is -1.66. The van der Waals surface area contributed by atoms with Gasteiger partial charge in [-0.2, -0.15) is 0 Å². The normalized spacial score (nSPS) is 22.3. The molecule has 138 valence electrons. The van der Waals surface area contributed by atoms with Crippen molar-refractivity contribution in [2.75, 3.05) is 40.4 Å². The molecule has 0 saturated carbocycles. The summed E-state index contributed by atoms with van der Waals surface area (Å²) in [7, 11) is 3.61. The highest BCUT2D eigenvalue weighted by Crippen LogP contribution is 2.42. The van der Waals surface area contributed by atoms with Gasteiger partial charge in [0.2, 0.25) is 0 Å². The Balaban J connectivity index is 1.45. The van der Waals surface area contributed by atoms with Gasteiger partial charge in [-0.3, -0.25) is 4.98 Å². The second kappa shape index (κ2) is 8.15. The van der Waals surface area contributed by atoms with Crippen LogP contribution in [0.5, 0.6) is 0 Å². The number of ether oxygens (including phenoxy) is 2. The van der Waals surface area contributed by atoms with Gasteiger partial charge < -0.3 is 19.3 Å². The molecular weight excluding hydrogens is 318 g/mol. The summed E-state index contributed by atoms with van der Waals surface area (Å²) in [5, 5.41) is 0. The summed E-state index contributed by atoms with van der Waals surface area (Å²) in [6.45, 7) is 3.74. The van der Waals surface area contributed by atoms with E-state index in [1.807, 2.05) is 23.2 Å². The quantitative estimate of drug-likeness (QED) is 0.768. The molecule has 1 spiro atoms. The SMILES string of the molecule is CN(C)C(=O)N1CCC2(CC1)OCC[C@@H]2CCOCc1cccnc1. The molecular formula is C19H29N3O3. The third-order valence-corrected chi connectivity index (χ3v) is 5.46. The van der Waals surface area contributed by atoms with Gasteiger partial charge >= 0.3 is 6.03 Å². The Labute approximate surface area is 150 Å². The zero-order chi connectivity index (χ0) is 17.7. The summed E-state index contributed by atoms with van der Waals surface area (Å²) in [6.07, 6.45) is 7.59. The van der Waals surface area contributed by atoms with Crippen molar-refractivity contribution >= 4 is 6.03 Å². The Kier molecular flexibility index (Phi) is 5.91. The zero-order valence-electron chi connectivity index (χ0n) is 15.3. The Morgan fingerprint density at radius 2 is 2.24 bits per heavy atom. The topological polar surface area (TPSA) is 54.9 Å². The van der Waals surface area contributed by atoms with Crippen LogP contribution < -0.4 is 0 Å². The summed E-state index contributed by atoms with van der Waals surface area (Å²) in [6, 6.07) is 4.07. The number of urea groups is 1. The van der Waals surface area contributed by atoms with Crippen LogP contribution in [-0.2, 0) is 16.1 Å². The number of hydrogen-bond acceptors (Lipinski definition) is 4. The van der Waals surface area contributed by atoms with Gasteiger partial charge in [0.25, 0.3) is 0 Å². The number of carbonyl (C=O) groups excluding carboxylic acids is 1. The van der Waals surface area contributed by atoms with Crippen LogP contribution in [0.1, 0.15) is 31.2 Å². The standard InChI is InChI=1S/C19H29N3O3/c1-21(2)18(23)22-10-7-19(8-11-22)17(6-13-25-19)5-12-24-15-16-4-3-9-20-14-16/h3-4,9,14,17H,5-8,10-13,15H2,1-2H3/t17-/m0/s1. The fourth-order valence-corrected chi connectivity index (χ4v) is 4.00. The molecule has 2 amide bonds. The highest BCUT2D eigenvalue weighted by atomic mass is 16.5. The maximum absolute atomic E-state index is 12.1. The molecule has 6 nitrogen and oxygen atoms in total. The summed E-state index contributed by atoms with van der Waals surface area (Å²) in [4.78, 5) is 19.8. The van der Waals surface area contributed by atoms with Crippen LogP contribution >= 0.6 is 0 Å². The van der Waals surface area contributed by atoms with Gasteiger partial charge in [0, 0.05) is 52.8 Å². The first-order valence-electron chi connectivity index (χ1n) is 9.17. The molecule has 2 aliphatic rings. The molecule has 0 aromatic carbocycles. The second-order valence-electron chi connectivity index (χ2n) is 7.27. The van der Waals surface area contributed by atoms with Gasteiger partial charge in [0.1, 0.15) is 0 Å². The van der Waals surface area contributed by atoms with Gasteiger partial charge in [-0.25, -0.2) is 4.79 Å². The van der Waals surface area contributed by atoms with E-state index >= 15 is 0 Å². The van der Waals surface area contributed by atoms with E-state index in [1.165, 1.54) is 0 Å². The maximum atomic E-state index is 12.1. The molecule has 3 heterocycles. The fourth-order valence-electron chi connectivity index (χ4n) is 4.00. The van der Waals surface area contributed by atoms with Crippen molar-refractivity contribution in [1.82, 2.24) is 14.8 Å². The largest absolute Gasteiger partial charge is 0.377 e. The number of rotatable bonds is 5. The molecule has 25 heavy (non-hydrogen) atoms. The molecule has 2 fully saturated rings. The number of pyridine rings is 1. The molecule has 0 radical (unpaired) electrons. The van der Waals surface area contributed by atoms with E-state index in [2.05, 4.69) is 4.98 Å². The number of carbonyl (C=O) groups is 1. The van der Waals surface area contributed by atoms with E-state index in [1.54, 1.807) is 25.2 Å². The van der Waals surface area contributed by atoms with Crippen molar-refractivity contribution in [3.05, 3.63) is 30.1 Å². The molecule has 2 saturated heterocycles. The Morgan fingerprint density at radius 1 is 1.44 bits per heavy atom. The molecule has 0 unspecified atom stereocenters. The zero-order valence-corrected chi connectivity index (χ0v) is 15.3. The number of piperidine rings is 1. The lowest BCUT2D eigenvalue weighted by Crippen LogP contribution is -2.51. The molecule has 1 aromatic heterocycles. The van der Waals surface area contributed by atoms with Crippen LogP contribution in [-0.4, -0.2) is 66.8 Å². The summed E-state index contributed by atoms with van der Waals surface area (Å²) in [5.74, 6) is 0.526. The average Bonchev–Trinajstić information content (AvgIpc) is 3.01. The number of likely N-dealkylation sites (tertiary alicyclic amines) is 1. The number of hydrogen-bond donors (Lipinski definition) is 0. The molecule has 3 rings (SSSR count). The van der Waals surface area contributed by atoms with Gasteiger partial charge in [0.05, 0.1) is 12.2 Å². The first-order valence-corrected chi connectivity index (χ1v) is 9.17. The first-order chi connectivity index (χ1) is 12.1. The minimum absolute atomic E-state index is 0.0548. The van der Waals surface area contributed by atoms with Crippen molar-refractivity contribution in [2.24, 2.45) is 5.92 Å². The maximum Gasteiger partial charge on any atom is 0.319 e. The highest BCUT2D eigenvalue weighted by Gasteiger charge is 2.46. The van der Waals surface area contributed by atoms with Gasteiger partial charge in [-0.1, -0.05) is 6.07 Å². The Morgan fingerprint density at radius 3 is 2.92 bits per heavy atom. The summed E-state index contributed by atoms with van der Waals surface area (Å²) >= 11 is 0. The average molecular weight is 347 g/mol. The molecule has 1 aromatic rings. The smallest absolute Gasteiger partial charge is 0.319 e. The third-order valence-electron chi connectivity index (χ3n) is 5.46. The molecule has 2 aliphatic heterocycles. The van der Waals surface area contributed by atoms with E-state index in [0.29, 0.717) is 12.5 Å². The second-order valence-corrected chi connectivity index (χ2v) is 7.27. The number of aromatic nitrogens is 1. The number of nitrogens with zero attached hydrogens (tertiary/aromatic N) is 3. The summed E-state index contributed by atoms with van der Waals surface area (Å²) < 4.78 is 12.0. The predicted molar refractivity (Wildman–Crippen MR) is 95.2 cm³/mol. The minimum atomic E-state index is -0.0548. The third kappa shape index (κ3) is 4.30. The van der Waals surface area contributed by atoms with Crippen LogP contribution in [0.25, 0.3) is 0 Å². The van der Waals surface area contributed by atoms with Gasteiger partial charge in [0.15, 0.2) is 0 Å². The lowest BCUT2D eigenvalue weighted by Gasteiger charge is -2.42. The molecule has 0 bridgehead atoms. The molecule has 0 aliphatic carbocycles. The minimum Gasteiger partial charge on any atom is -0.377 e.